The minimum Gasteiger partial charge on any atom is -0.486 e. The second kappa shape index (κ2) is 6.23. The first-order valence-corrected chi connectivity index (χ1v) is 10.0. The molecule has 2 fully saturated rings. The summed E-state index contributed by atoms with van der Waals surface area (Å²) >= 11 is 1.44. The zero-order chi connectivity index (χ0) is 17.7. The molecule has 136 valence electrons. The molecular weight excluding hydrogens is 352 g/mol. The van der Waals surface area contributed by atoms with Gasteiger partial charge in [-0.3, -0.25) is 9.59 Å². The highest BCUT2D eigenvalue weighted by Crippen LogP contribution is 2.41. The van der Waals surface area contributed by atoms with E-state index in [-0.39, 0.29) is 23.7 Å². The summed E-state index contributed by atoms with van der Waals surface area (Å²) in [5.41, 5.74) is 0.797. The van der Waals surface area contributed by atoms with Crippen molar-refractivity contribution in [2.24, 2.45) is 17.8 Å². The predicted octanol–water partition coefficient (Wildman–Crippen LogP) is 3.40. The number of anilines is 1. The van der Waals surface area contributed by atoms with E-state index in [0.717, 1.165) is 35.2 Å². The molecule has 2 saturated carbocycles. The van der Waals surface area contributed by atoms with Gasteiger partial charge in [0.05, 0.1) is 10.2 Å². The third kappa shape index (κ3) is 2.74. The van der Waals surface area contributed by atoms with Gasteiger partial charge in [0.1, 0.15) is 19.0 Å². The van der Waals surface area contributed by atoms with Gasteiger partial charge in [0.2, 0.25) is 5.91 Å². The lowest BCUT2D eigenvalue weighted by Gasteiger charge is -2.36. The van der Waals surface area contributed by atoms with E-state index < -0.39 is 0 Å². The monoisotopic (exact) mass is 372 g/mol. The summed E-state index contributed by atoms with van der Waals surface area (Å²) in [5, 5.41) is 3.56. The van der Waals surface area contributed by atoms with Crippen LogP contribution in [0.5, 0.6) is 11.5 Å². The summed E-state index contributed by atoms with van der Waals surface area (Å²) in [7, 11) is 0. The van der Waals surface area contributed by atoms with E-state index >= 15 is 0 Å². The molecule has 2 bridgehead atoms. The molecule has 1 aromatic heterocycles. The van der Waals surface area contributed by atoms with E-state index in [0.29, 0.717) is 42.7 Å². The lowest BCUT2D eigenvalue weighted by atomic mass is 9.67. The van der Waals surface area contributed by atoms with Gasteiger partial charge in [0.25, 0.3) is 0 Å². The minimum atomic E-state index is -0.0881. The smallest absolute Gasteiger partial charge is 0.229 e. The van der Waals surface area contributed by atoms with Crippen molar-refractivity contribution in [2.45, 2.75) is 32.1 Å². The van der Waals surface area contributed by atoms with Crippen LogP contribution in [-0.2, 0) is 9.59 Å². The number of benzene rings is 1. The average molecular weight is 372 g/mol. The maximum absolute atomic E-state index is 12.7. The van der Waals surface area contributed by atoms with Crippen molar-refractivity contribution in [2.75, 3.05) is 18.5 Å². The van der Waals surface area contributed by atoms with Crippen molar-refractivity contribution in [3.63, 3.8) is 0 Å². The number of carbonyl (C=O) groups is 2. The van der Waals surface area contributed by atoms with Gasteiger partial charge in [0, 0.05) is 29.9 Å². The minimum absolute atomic E-state index is 0.00859. The topological polar surface area (TPSA) is 77.5 Å². The van der Waals surface area contributed by atoms with Gasteiger partial charge < -0.3 is 14.8 Å². The van der Waals surface area contributed by atoms with Gasteiger partial charge in [0.15, 0.2) is 16.6 Å². The summed E-state index contributed by atoms with van der Waals surface area (Å²) in [6.45, 7) is 1.08. The molecule has 0 saturated heterocycles. The molecule has 26 heavy (non-hydrogen) atoms. The number of ketones is 1. The number of carbonyl (C=O) groups excluding carboxylic acids is 2. The van der Waals surface area contributed by atoms with E-state index in [4.69, 9.17) is 9.47 Å². The number of hydrogen-bond donors (Lipinski definition) is 1. The van der Waals surface area contributed by atoms with Crippen LogP contribution in [0.4, 0.5) is 5.13 Å². The van der Waals surface area contributed by atoms with Crippen LogP contribution in [0.15, 0.2) is 12.1 Å². The number of nitrogens with zero attached hydrogens (tertiary/aromatic N) is 1. The lowest BCUT2D eigenvalue weighted by Crippen LogP contribution is -2.40. The summed E-state index contributed by atoms with van der Waals surface area (Å²) in [4.78, 5) is 29.5. The third-order valence-corrected chi connectivity index (χ3v) is 6.63. The molecule has 2 unspecified atom stereocenters. The van der Waals surface area contributed by atoms with Crippen LogP contribution in [0.2, 0.25) is 0 Å². The maximum Gasteiger partial charge on any atom is 0.229 e. The quantitative estimate of drug-likeness (QED) is 0.874. The van der Waals surface area contributed by atoms with E-state index in [1.54, 1.807) is 0 Å². The number of nitrogens with one attached hydrogen (secondary N) is 1. The van der Waals surface area contributed by atoms with Gasteiger partial charge in [-0.2, -0.15) is 0 Å². The highest BCUT2D eigenvalue weighted by atomic mass is 32.1. The van der Waals surface area contributed by atoms with Crippen LogP contribution < -0.4 is 14.8 Å². The number of fused-ring (bicyclic) bond motifs is 4. The van der Waals surface area contributed by atoms with Gasteiger partial charge in [-0.25, -0.2) is 4.98 Å². The summed E-state index contributed by atoms with van der Waals surface area (Å²) in [6, 6.07) is 3.78. The number of ether oxygens (including phenoxy) is 2. The summed E-state index contributed by atoms with van der Waals surface area (Å²) < 4.78 is 12.2. The first-order valence-electron chi connectivity index (χ1n) is 9.22. The fraction of sp³-hybridized carbons (Fsp3) is 0.526. The first kappa shape index (κ1) is 16.1. The van der Waals surface area contributed by atoms with Crippen molar-refractivity contribution in [3.8, 4) is 11.5 Å². The fourth-order valence-electron chi connectivity index (χ4n) is 4.42. The van der Waals surface area contributed by atoms with Crippen molar-refractivity contribution >= 4 is 38.4 Å². The average Bonchev–Trinajstić information content (AvgIpc) is 3.00. The number of aromatic nitrogens is 1. The standard InChI is InChI=1S/C19H20N2O4S/c22-17-10-2-1-3-11(17)7-12(6-10)18(23)21-19-20-13-8-14-15(9-16(13)26-19)25-5-4-24-14/h8-12H,1-7H2,(H,20,21,23). The Balaban J connectivity index is 1.34. The molecule has 7 heteroatoms. The highest BCUT2D eigenvalue weighted by molar-refractivity contribution is 7.22. The molecule has 2 heterocycles. The van der Waals surface area contributed by atoms with E-state index in [1.807, 2.05) is 12.1 Å². The van der Waals surface area contributed by atoms with Crippen LogP contribution in [0.1, 0.15) is 32.1 Å². The van der Waals surface area contributed by atoms with E-state index in [9.17, 15) is 9.59 Å². The fourth-order valence-corrected chi connectivity index (χ4v) is 5.30. The zero-order valence-corrected chi connectivity index (χ0v) is 15.1. The van der Waals surface area contributed by atoms with Crippen molar-refractivity contribution in [3.05, 3.63) is 12.1 Å². The SMILES string of the molecule is O=C(Nc1nc2cc3c(cc2s1)OCCO3)C1CC2CCCC(C1)C2=O. The molecule has 1 aliphatic heterocycles. The Hall–Kier alpha value is -2.15. The largest absolute Gasteiger partial charge is 0.486 e. The number of amides is 1. The maximum atomic E-state index is 12.7. The molecule has 3 aliphatic rings. The Morgan fingerprint density at radius 2 is 1.81 bits per heavy atom. The number of Topliss-reactive ketones (excluding diaryl/α,β-unsaturated/α-hetero) is 1. The molecule has 1 amide bonds. The molecule has 6 nitrogen and oxygen atoms in total. The normalized spacial score (nSPS) is 27.4. The Labute approximate surface area is 154 Å². The van der Waals surface area contributed by atoms with Crippen LogP contribution in [0.25, 0.3) is 10.2 Å². The molecule has 0 radical (unpaired) electrons. The molecule has 5 rings (SSSR count). The van der Waals surface area contributed by atoms with E-state index in [1.165, 1.54) is 11.3 Å². The molecule has 2 atom stereocenters. The molecule has 2 aromatic rings. The number of hydrogen-bond acceptors (Lipinski definition) is 6. The Morgan fingerprint density at radius 1 is 1.12 bits per heavy atom. The van der Waals surface area contributed by atoms with Crippen LogP contribution in [-0.4, -0.2) is 29.9 Å². The number of thiazole rings is 1. The Bertz CT molecular complexity index is 834. The Kier molecular flexibility index (Phi) is 3.85. The molecule has 1 N–H and O–H groups in total. The van der Waals surface area contributed by atoms with Gasteiger partial charge in [-0.05, 0) is 25.7 Å². The van der Waals surface area contributed by atoms with Crippen molar-refractivity contribution < 1.29 is 19.1 Å². The van der Waals surface area contributed by atoms with Gasteiger partial charge >= 0.3 is 0 Å². The predicted molar refractivity (Wildman–Crippen MR) is 97.8 cm³/mol. The van der Waals surface area contributed by atoms with Gasteiger partial charge in [-0.15, -0.1) is 0 Å². The zero-order valence-electron chi connectivity index (χ0n) is 14.3. The van der Waals surface area contributed by atoms with Crippen LogP contribution in [0.3, 0.4) is 0 Å². The summed E-state index contributed by atoms with van der Waals surface area (Å²) in [6.07, 6.45) is 4.35. The summed E-state index contributed by atoms with van der Waals surface area (Å²) in [5.74, 6) is 1.87. The Morgan fingerprint density at radius 3 is 2.54 bits per heavy atom. The van der Waals surface area contributed by atoms with Crippen LogP contribution >= 0.6 is 11.3 Å². The van der Waals surface area contributed by atoms with E-state index in [2.05, 4.69) is 10.3 Å². The molecule has 1 aromatic carbocycles. The van der Waals surface area contributed by atoms with Crippen LogP contribution in [0, 0.1) is 17.8 Å². The second-order valence-corrected chi connectivity index (χ2v) is 8.40. The second-order valence-electron chi connectivity index (χ2n) is 7.37. The molecule has 2 aliphatic carbocycles. The molecular formula is C19H20N2O4S. The highest BCUT2D eigenvalue weighted by Gasteiger charge is 2.41. The number of rotatable bonds is 2. The van der Waals surface area contributed by atoms with Crippen molar-refractivity contribution in [1.29, 1.82) is 0 Å². The molecule has 0 spiro atoms. The lowest BCUT2D eigenvalue weighted by molar-refractivity contribution is -0.136. The first-order chi connectivity index (χ1) is 12.7. The van der Waals surface area contributed by atoms with Crippen molar-refractivity contribution in [1.82, 2.24) is 4.98 Å². The van der Waals surface area contributed by atoms with Gasteiger partial charge in [-0.1, -0.05) is 17.8 Å². The third-order valence-electron chi connectivity index (χ3n) is 5.70.